The van der Waals surface area contributed by atoms with Gasteiger partial charge in [-0.25, -0.2) is 9.59 Å². The van der Waals surface area contributed by atoms with E-state index >= 15 is 0 Å². The third-order valence-electron chi connectivity index (χ3n) is 5.37. The van der Waals surface area contributed by atoms with Crippen LogP contribution in [0.4, 0.5) is 5.00 Å². The molecular weight excluding hydrogens is 579 g/mol. The molecule has 1 N–H and O–H groups in total. The maximum atomic E-state index is 12.7. The van der Waals surface area contributed by atoms with E-state index in [1.807, 2.05) is 25.1 Å². The minimum absolute atomic E-state index is 0.0921. The zero-order valence-electron chi connectivity index (χ0n) is 22.7. The molecule has 0 aliphatic carbocycles. The van der Waals surface area contributed by atoms with Gasteiger partial charge in [0.05, 0.1) is 47.6 Å². The standard InChI is InChI=1S/C26H29N3O8S3/c1-6-36-24(33)21-15(4)22(25(34)37-7-2)40-23(21)27-18(30)12-38-13-19(31)28-26-29(11-20(32)35-5)16-9-8-14(3)10-17(16)39-26/h8-10H,6-7,11-13H2,1-5H3,(H,27,30). The van der Waals surface area contributed by atoms with E-state index < -0.39 is 29.7 Å². The van der Waals surface area contributed by atoms with Crippen molar-refractivity contribution in [2.24, 2.45) is 4.99 Å². The summed E-state index contributed by atoms with van der Waals surface area (Å²) in [5.41, 5.74) is 2.23. The topological polar surface area (TPSA) is 142 Å². The van der Waals surface area contributed by atoms with E-state index in [4.69, 9.17) is 14.2 Å². The van der Waals surface area contributed by atoms with Gasteiger partial charge in [0, 0.05) is 0 Å². The second-order valence-electron chi connectivity index (χ2n) is 8.27. The number of nitrogens with one attached hydrogen (secondary N) is 1. The second kappa shape index (κ2) is 14.2. The first-order chi connectivity index (χ1) is 19.1. The minimum Gasteiger partial charge on any atom is -0.468 e. The lowest BCUT2D eigenvalue weighted by atomic mass is 10.1. The van der Waals surface area contributed by atoms with Gasteiger partial charge in [-0.3, -0.25) is 14.4 Å². The average molecular weight is 608 g/mol. The van der Waals surface area contributed by atoms with Gasteiger partial charge < -0.3 is 24.1 Å². The fourth-order valence-corrected chi connectivity index (χ4v) is 6.44. The fourth-order valence-electron chi connectivity index (χ4n) is 3.59. The number of thiophene rings is 1. The largest absolute Gasteiger partial charge is 0.468 e. The summed E-state index contributed by atoms with van der Waals surface area (Å²) in [6, 6.07) is 5.71. The number of anilines is 1. The van der Waals surface area contributed by atoms with Crippen molar-refractivity contribution in [1.29, 1.82) is 0 Å². The quantitative estimate of drug-likeness (QED) is 0.255. The van der Waals surface area contributed by atoms with E-state index in [9.17, 15) is 24.0 Å². The van der Waals surface area contributed by atoms with Gasteiger partial charge in [-0.05, 0) is 51.0 Å². The Kier molecular flexibility index (Phi) is 11.0. The number of aryl methyl sites for hydroxylation is 1. The van der Waals surface area contributed by atoms with Crippen molar-refractivity contribution < 1.29 is 38.2 Å². The Hall–Kier alpha value is -3.49. The molecule has 0 fully saturated rings. The van der Waals surface area contributed by atoms with Crippen LogP contribution >= 0.6 is 34.4 Å². The molecule has 3 aromatic rings. The van der Waals surface area contributed by atoms with Gasteiger partial charge in [-0.1, -0.05) is 17.4 Å². The molecule has 0 aliphatic heterocycles. The average Bonchev–Trinajstić information content (AvgIpc) is 3.39. The summed E-state index contributed by atoms with van der Waals surface area (Å²) in [5.74, 6) is -2.90. The number of methoxy groups -OCH3 is 1. The minimum atomic E-state index is -0.664. The van der Waals surface area contributed by atoms with E-state index in [2.05, 4.69) is 10.3 Å². The molecule has 214 valence electrons. The number of hydrogen-bond acceptors (Lipinski definition) is 11. The van der Waals surface area contributed by atoms with E-state index in [0.717, 1.165) is 38.9 Å². The SMILES string of the molecule is CCOC(=O)c1sc(NC(=O)CSCC(=O)N=c2sc3cc(C)ccc3n2CC(=O)OC)c(C(=O)OCC)c1C. The highest BCUT2D eigenvalue weighted by atomic mass is 32.2. The Morgan fingerprint density at radius 3 is 2.38 bits per heavy atom. The lowest BCUT2D eigenvalue weighted by Gasteiger charge is -2.07. The van der Waals surface area contributed by atoms with Crippen molar-refractivity contribution in [1.82, 2.24) is 4.57 Å². The highest BCUT2D eigenvalue weighted by Gasteiger charge is 2.27. The van der Waals surface area contributed by atoms with Crippen molar-refractivity contribution >= 4 is 79.4 Å². The summed E-state index contributed by atoms with van der Waals surface area (Å²) < 4.78 is 17.4. The number of rotatable bonds is 11. The molecule has 14 heteroatoms. The van der Waals surface area contributed by atoms with Crippen LogP contribution in [0.25, 0.3) is 10.2 Å². The molecule has 3 rings (SSSR count). The number of carbonyl (C=O) groups excluding carboxylic acids is 5. The predicted molar refractivity (Wildman–Crippen MR) is 154 cm³/mol. The molecule has 1 aromatic carbocycles. The van der Waals surface area contributed by atoms with Crippen LogP contribution in [0.15, 0.2) is 23.2 Å². The first kappa shape index (κ1) is 31.0. The van der Waals surface area contributed by atoms with E-state index in [0.29, 0.717) is 10.4 Å². The van der Waals surface area contributed by atoms with Gasteiger partial charge in [-0.2, -0.15) is 4.99 Å². The Bertz CT molecular complexity index is 1520. The summed E-state index contributed by atoms with van der Waals surface area (Å²) in [5, 5.41) is 2.82. The maximum Gasteiger partial charge on any atom is 0.348 e. The Labute approximate surface area is 242 Å². The highest BCUT2D eigenvalue weighted by Crippen LogP contribution is 2.34. The van der Waals surface area contributed by atoms with Crippen molar-refractivity contribution in [3.63, 3.8) is 0 Å². The van der Waals surface area contributed by atoms with E-state index in [1.54, 1.807) is 25.3 Å². The Morgan fingerprint density at radius 2 is 1.70 bits per heavy atom. The third kappa shape index (κ3) is 7.58. The van der Waals surface area contributed by atoms with Crippen LogP contribution in [0.5, 0.6) is 0 Å². The molecule has 2 heterocycles. The molecule has 40 heavy (non-hydrogen) atoms. The van der Waals surface area contributed by atoms with Crippen LogP contribution in [0.1, 0.15) is 45.0 Å². The van der Waals surface area contributed by atoms with Crippen LogP contribution in [-0.2, 0) is 35.1 Å². The van der Waals surface area contributed by atoms with Gasteiger partial charge in [0.2, 0.25) is 5.91 Å². The van der Waals surface area contributed by atoms with Crippen LogP contribution in [0.2, 0.25) is 0 Å². The summed E-state index contributed by atoms with van der Waals surface area (Å²) in [6.07, 6.45) is 0. The molecule has 0 saturated carbocycles. The summed E-state index contributed by atoms with van der Waals surface area (Å²) in [7, 11) is 1.29. The molecular formula is C26H29N3O8S3. The monoisotopic (exact) mass is 607 g/mol. The zero-order chi connectivity index (χ0) is 29.4. The second-order valence-corrected chi connectivity index (χ2v) is 11.3. The molecule has 2 aromatic heterocycles. The van der Waals surface area contributed by atoms with Gasteiger partial charge in [-0.15, -0.1) is 23.1 Å². The van der Waals surface area contributed by atoms with Crippen molar-refractivity contribution in [2.45, 2.75) is 34.2 Å². The fraction of sp³-hybridized carbons (Fsp3) is 0.385. The van der Waals surface area contributed by atoms with Gasteiger partial charge >= 0.3 is 17.9 Å². The summed E-state index contributed by atoms with van der Waals surface area (Å²) >= 11 is 3.24. The van der Waals surface area contributed by atoms with E-state index in [-0.39, 0.29) is 46.7 Å². The van der Waals surface area contributed by atoms with Crippen LogP contribution in [0, 0.1) is 13.8 Å². The van der Waals surface area contributed by atoms with Gasteiger partial charge in [0.1, 0.15) is 16.4 Å². The highest BCUT2D eigenvalue weighted by molar-refractivity contribution is 8.00. The molecule has 0 aliphatic rings. The normalized spacial score (nSPS) is 11.4. The molecule has 0 unspecified atom stereocenters. The number of amides is 2. The summed E-state index contributed by atoms with van der Waals surface area (Å²) in [6.45, 7) is 7.03. The molecule has 0 radical (unpaired) electrons. The number of esters is 3. The molecule has 11 nitrogen and oxygen atoms in total. The molecule has 2 amide bonds. The maximum absolute atomic E-state index is 12.7. The Balaban J connectivity index is 1.72. The number of thiazole rings is 1. The van der Waals surface area contributed by atoms with Crippen molar-refractivity contribution in [2.75, 3.05) is 37.1 Å². The molecule has 0 spiro atoms. The predicted octanol–water partition coefficient (Wildman–Crippen LogP) is 3.71. The van der Waals surface area contributed by atoms with Crippen LogP contribution in [-0.4, -0.2) is 66.1 Å². The Morgan fingerprint density at radius 1 is 1.00 bits per heavy atom. The smallest absolute Gasteiger partial charge is 0.348 e. The van der Waals surface area contributed by atoms with Crippen molar-refractivity contribution in [3.8, 4) is 0 Å². The summed E-state index contributed by atoms with van der Waals surface area (Å²) in [4.78, 5) is 66.8. The molecule has 0 saturated heterocycles. The first-order valence-corrected chi connectivity index (χ1v) is 15.0. The zero-order valence-corrected chi connectivity index (χ0v) is 25.1. The number of nitrogens with zero attached hydrogens (tertiary/aromatic N) is 2. The number of fused-ring (bicyclic) bond motifs is 1. The van der Waals surface area contributed by atoms with Crippen LogP contribution in [0.3, 0.4) is 0 Å². The number of benzene rings is 1. The number of hydrogen-bond donors (Lipinski definition) is 1. The number of ether oxygens (including phenoxy) is 3. The van der Waals surface area contributed by atoms with Crippen LogP contribution < -0.4 is 10.1 Å². The number of aromatic nitrogens is 1. The third-order valence-corrected chi connectivity index (χ3v) is 8.52. The van der Waals surface area contributed by atoms with Gasteiger partial charge in [0.25, 0.3) is 5.91 Å². The lowest BCUT2D eigenvalue weighted by molar-refractivity contribution is -0.141. The molecule has 0 atom stereocenters. The number of carbonyl (C=O) groups is 5. The lowest BCUT2D eigenvalue weighted by Crippen LogP contribution is -2.23. The van der Waals surface area contributed by atoms with Gasteiger partial charge in [0.15, 0.2) is 4.80 Å². The van der Waals surface area contributed by atoms with E-state index in [1.165, 1.54) is 18.4 Å². The first-order valence-electron chi connectivity index (χ1n) is 12.2. The molecule has 0 bridgehead atoms. The number of thioether (sulfide) groups is 1. The van der Waals surface area contributed by atoms with Crippen molar-refractivity contribution in [3.05, 3.63) is 44.6 Å².